The molecule has 2 aromatic carbocycles. The Labute approximate surface area is 198 Å². The molecule has 4 aromatic rings. The molecule has 0 amide bonds. The molecule has 2 aromatic heterocycles. The van der Waals surface area contributed by atoms with Crippen molar-refractivity contribution >= 4 is 33.2 Å². The van der Waals surface area contributed by atoms with Crippen molar-refractivity contribution in [1.82, 2.24) is 30.8 Å². The van der Waals surface area contributed by atoms with Crippen LogP contribution in [0.25, 0.3) is 33.2 Å². The lowest BCUT2D eigenvalue weighted by molar-refractivity contribution is 0.144. The maximum Gasteiger partial charge on any atom is 0.120 e. The first-order chi connectivity index (χ1) is 16.2. The molecule has 0 bridgehead atoms. The average molecular weight is 455 g/mol. The number of fused-ring (bicyclic) bond motifs is 2. The number of aliphatic hydroxyl groups is 1. The number of aromatic amines is 2. The molecular weight excluding hydrogens is 424 g/mol. The van der Waals surface area contributed by atoms with Crippen LogP contribution in [0.2, 0.25) is 0 Å². The fraction of sp³-hybridized carbons (Fsp3) is 0.333. The van der Waals surface area contributed by atoms with E-state index in [2.05, 4.69) is 72.0 Å². The molecule has 0 atom stereocenters. The first-order valence-corrected chi connectivity index (χ1v) is 11.6. The Morgan fingerprint density at radius 2 is 1.41 bits per heavy atom. The summed E-state index contributed by atoms with van der Waals surface area (Å²) in [4.78, 5) is 0. The SMILES string of the molecule is C=C1CC(O)=C(C(C)(C)C(C)(C)CC)C(c2cccc3[nH]nnc23)=C1c1cccc2[nH]nnc12. The Morgan fingerprint density at radius 1 is 0.882 bits per heavy atom. The Hall–Kier alpha value is -3.74. The van der Waals surface area contributed by atoms with Gasteiger partial charge in [-0.25, -0.2) is 0 Å². The summed E-state index contributed by atoms with van der Waals surface area (Å²) in [5, 5.41) is 34.4. The zero-order valence-corrected chi connectivity index (χ0v) is 20.3. The van der Waals surface area contributed by atoms with Gasteiger partial charge in [-0.1, -0.05) is 82.3 Å². The van der Waals surface area contributed by atoms with Crippen molar-refractivity contribution in [3.05, 3.63) is 71.0 Å². The molecule has 0 spiro atoms. The largest absolute Gasteiger partial charge is 0.512 e. The highest BCUT2D eigenvalue weighted by Gasteiger charge is 2.44. The van der Waals surface area contributed by atoms with Gasteiger partial charge < -0.3 is 5.11 Å². The van der Waals surface area contributed by atoms with E-state index >= 15 is 0 Å². The van der Waals surface area contributed by atoms with Gasteiger partial charge in [-0.3, -0.25) is 10.2 Å². The zero-order chi connectivity index (χ0) is 24.3. The van der Waals surface area contributed by atoms with Crippen molar-refractivity contribution in [1.29, 1.82) is 0 Å². The third-order valence-electron chi connectivity index (χ3n) is 7.98. The maximum atomic E-state index is 11.5. The van der Waals surface area contributed by atoms with Crippen LogP contribution in [0, 0.1) is 10.8 Å². The number of nitrogens with zero attached hydrogens (tertiary/aromatic N) is 4. The summed E-state index contributed by atoms with van der Waals surface area (Å²) in [5.41, 5.74) is 8.24. The number of nitrogens with one attached hydrogen (secondary N) is 2. The van der Waals surface area contributed by atoms with Gasteiger partial charge in [0.2, 0.25) is 0 Å². The molecule has 0 saturated carbocycles. The van der Waals surface area contributed by atoms with Gasteiger partial charge in [0.1, 0.15) is 16.8 Å². The Kier molecular flexibility index (Phi) is 4.97. The fourth-order valence-electron chi connectivity index (χ4n) is 5.02. The quantitative estimate of drug-likeness (QED) is 0.325. The van der Waals surface area contributed by atoms with Gasteiger partial charge in [0, 0.05) is 23.1 Å². The maximum absolute atomic E-state index is 11.5. The summed E-state index contributed by atoms with van der Waals surface area (Å²) in [5.74, 6) is 0.350. The van der Waals surface area contributed by atoms with Crippen molar-refractivity contribution in [2.45, 2.75) is 47.5 Å². The molecule has 1 aliphatic rings. The Bertz CT molecular complexity index is 1500. The number of benzene rings is 2. The van der Waals surface area contributed by atoms with Crippen molar-refractivity contribution in [3.8, 4) is 0 Å². The van der Waals surface area contributed by atoms with Crippen LogP contribution in [0.5, 0.6) is 0 Å². The minimum atomic E-state index is -0.364. The van der Waals surface area contributed by atoms with Crippen molar-refractivity contribution in [3.63, 3.8) is 0 Å². The normalized spacial score (nSPS) is 15.7. The van der Waals surface area contributed by atoms with E-state index in [9.17, 15) is 5.11 Å². The van der Waals surface area contributed by atoms with Gasteiger partial charge >= 0.3 is 0 Å². The van der Waals surface area contributed by atoms with Gasteiger partial charge in [0.15, 0.2) is 0 Å². The summed E-state index contributed by atoms with van der Waals surface area (Å²) in [7, 11) is 0. The monoisotopic (exact) mass is 454 g/mol. The third-order valence-corrected chi connectivity index (χ3v) is 7.98. The van der Waals surface area contributed by atoms with Gasteiger partial charge in [-0.15, -0.1) is 10.2 Å². The van der Waals surface area contributed by atoms with Crippen LogP contribution in [0.15, 0.2) is 59.9 Å². The number of aromatic nitrogens is 6. The molecule has 0 fully saturated rings. The van der Waals surface area contributed by atoms with Crippen LogP contribution in [-0.2, 0) is 0 Å². The van der Waals surface area contributed by atoms with E-state index in [1.165, 1.54) is 0 Å². The molecule has 0 saturated heterocycles. The van der Waals surface area contributed by atoms with Gasteiger partial charge in [-0.2, -0.15) is 0 Å². The molecule has 3 N–H and O–H groups in total. The molecule has 174 valence electrons. The first kappa shape index (κ1) is 22.1. The summed E-state index contributed by atoms with van der Waals surface area (Å²) in [6, 6.07) is 12.0. The van der Waals surface area contributed by atoms with E-state index in [0.29, 0.717) is 12.2 Å². The Morgan fingerprint density at radius 3 is 1.94 bits per heavy atom. The average Bonchev–Trinajstić information content (AvgIpc) is 3.47. The molecule has 2 heterocycles. The molecule has 7 nitrogen and oxygen atoms in total. The first-order valence-electron chi connectivity index (χ1n) is 11.6. The van der Waals surface area contributed by atoms with Crippen LogP contribution >= 0.6 is 0 Å². The predicted molar refractivity (Wildman–Crippen MR) is 136 cm³/mol. The standard InChI is InChI=1S/C27H30N6O/c1-7-26(3,4)27(5,6)23-20(34)14-15(2)21(16-10-8-12-18-24(16)30-32-28-18)22(23)17-11-9-13-19-25(17)31-33-29-19/h8-13,34H,2,7,14H2,1,3-6H3,(H,28,30,32)(H,29,31,33). The van der Waals surface area contributed by atoms with Crippen LogP contribution in [-0.4, -0.2) is 35.9 Å². The second-order valence-electron chi connectivity index (χ2n) is 10.2. The van der Waals surface area contributed by atoms with E-state index in [-0.39, 0.29) is 10.8 Å². The highest BCUT2D eigenvalue weighted by Crippen LogP contribution is 2.57. The molecular formula is C27H30N6O. The summed E-state index contributed by atoms with van der Waals surface area (Å²) < 4.78 is 0. The van der Waals surface area contributed by atoms with Crippen LogP contribution in [0.3, 0.4) is 0 Å². The third kappa shape index (κ3) is 3.10. The van der Waals surface area contributed by atoms with Crippen LogP contribution in [0.1, 0.15) is 58.6 Å². The number of aliphatic hydroxyl groups excluding tert-OH is 1. The molecule has 0 unspecified atom stereocenters. The number of hydrogen-bond donors (Lipinski definition) is 3. The minimum Gasteiger partial charge on any atom is -0.512 e. The molecule has 0 radical (unpaired) electrons. The van der Waals surface area contributed by atoms with Crippen molar-refractivity contribution in [2.75, 3.05) is 0 Å². The van der Waals surface area contributed by atoms with E-state index in [4.69, 9.17) is 0 Å². The van der Waals surface area contributed by atoms with E-state index in [1.807, 2.05) is 36.4 Å². The topological polar surface area (TPSA) is 103 Å². The van der Waals surface area contributed by atoms with Crippen LogP contribution < -0.4 is 0 Å². The number of rotatable bonds is 5. The second kappa shape index (κ2) is 7.65. The lowest BCUT2D eigenvalue weighted by Crippen LogP contribution is -2.36. The van der Waals surface area contributed by atoms with Crippen molar-refractivity contribution in [2.24, 2.45) is 10.8 Å². The summed E-state index contributed by atoms with van der Waals surface area (Å²) in [6.45, 7) is 15.5. The number of hydrogen-bond acceptors (Lipinski definition) is 5. The number of allylic oxidation sites excluding steroid dienone is 4. The van der Waals surface area contributed by atoms with Gasteiger partial charge in [0.25, 0.3) is 0 Å². The fourth-order valence-corrected chi connectivity index (χ4v) is 5.02. The highest BCUT2D eigenvalue weighted by molar-refractivity contribution is 6.13. The lowest BCUT2D eigenvalue weighted by Gasteiger charge is -2.46. The number of H-pyrrole nitrogens is 2. The van der Waals surface area contributed by atoms with Gasteiger partial charge in [0.05, 0.1) is 11.0 Å². The molecule has 7 heteroatoms. The highest BCUT2D eigenvalue weighted by atomic mass is 16.3. The van der Waals surface area contributed by atoms with E-state index in [1.54, 1.807) is 0 Å². The smallest absolute Gasteiger partial charge is 0.120 e. The van der Waals surface area contributed by atoms with Crippen LogP contribution in [0.4, 0.5) is 0 Å². The second-order valence-corrected chi connectivity index (χ2v) is 10.2. The van der Waals surface area contributed by atoms with Crippen molar-refractivity contribution < 1.29 is 5.11 Å². The summed E-state index contributed by atoms with van der Waals surface area (Å²) in [6.07, 6.45) is 1.33. The minimum absolute atomic E-state index is 0.0943. The molecule has 0 aliphatic heterocycles. The molecule has 5 rings (SSSR count). The predicted octanol–water partition coefficient (Wildman–Crippen LogP) is 6.37. The van der Waals surface area contributed by atoms with E-state index < -0.39 is 0 Å². The summed E-state index contributed by atoms with van der Waals surface area (Å²) >= 11 is 0. The molecule has 34 heavy (non-hydrogen) atoms. The van der Waals surface area contributed by atoms with Gasteiger partial charge in [-0.05, 0) is 39.7 Å². The Balaban J connectivity index is 1.95. The van der Waals surface area contributed by atoms with E-state index in [0.717, 1.165) is 61.9 Å². The lowest BCUT2D eigenvalue weighted by atomic mass is 9.58. The zero-order valence-electron chi connectivity index (χ0n) is 20.3. The molecule has 1 aliphatic carbocycles.